The molecule has 10 heteroatoms. The summed E-state index contributed by atoms with van der Waals surface area (Å²) >= 11 is 0. The first kappa shape index (κ1) is 28.6. The highest BCUT2D eigenvalue weighted by molar-refractivity contribution is 7.89. The number of hydrogen-bond donors (Lipinski definition) is 0. The van der Waals surface area contributed by atoms with E-state index in [0.717, 1.165) is 16.9 Å². The van der Waals surface area contributed by atoms with E-state index in [9.17, 15) is 13.2 Å². The van der Waals surface area contributed by atoms with Crippen molar-refractivity contribution in [2.75, 3.05) is 54.1 Å². The molecule has 1 unspecified atom stereocenters. The normalized spacial score (nSPS) is 15.5. The summed E-state index contributed by atoms with van der Waals surface area (Å²) in [6, 6.07) is 21.4. The highest BCUT2D eigenvalue weighted by Crippen LogP contribution is 2.26. The van der Waals surface area contributed by atoms with Gasteiger partial charge in [-0.15, -0.1) is 0 Å². The summed E-state index contributed by atoms with van der Waals surface area (Å²) in [5.74, 6) is 0.856. The fourth-order valence-corrected chi connectivity index (χ4v) is 5.90. The number of hydrogen-bond acceptors (Lipinski definition) is 8. The van der Waals surface area contributed by atoms with Crippen LogP contribution in [0.5, 0.6) is 11.5 Å². The maximum atomic E-state index is 13.2. The number of esters is 1. The Labute approximate surface area is 229 Å². The van der Waals surface area contributed by atoms with Crippen molar-refractivity contribution in [3.05, 3.63) is 89.5 Å². The largest absolute Gasteiger partial charge is 0.497 e. The van der Waals surface area contributed by atoms with Crippen LogP contribution in [0.15, 0.2) is 77.7 Å². The van der Waals surface area contributed by atoms with E-state index in [4.69, 9.17) is 18.9 Å². The minimum absolute atomic E-state index is 0.228. The van der Waals surface area contributed by atoms with Gasteiger partial charge in [0.05, 0.1) is 44.5 Å². The molecule has 1 atom stereocenters. The van der Waals surface area contributed by atoms with E-state index in [1.165, 1.54) is 18.5 Å². The molecular formula is C29H34N2O7S. The summed E-state index contributed by atoms with van der Waals surface area (Å²) < 4.78 is 49.7. The molecular weight excluding hydrogens is 520 g/mol. The fraction of sp³-hybridized carbons (Fsp3) is 0.345. The Balaban J connectivity index is 1.43. The third-order valence-corrected chi connectivity index (χ3v) is 8.62. The predicted molar refractivity (Wildman–Crippen MR) is 146 cm³/mol. The number of carbonyl (C=O) groups is 1. The van der Waals surface area contributed by atoms with Gasteiger partial charge in [0.15, 0.2) is 0 Å². The lowest BCUT2D eigenvalue weighted by Gasteiger charge is -2.36. The van der Waals surface area contributed by atoms with E-state index >= 15 is 0 Å². The number of piperazine rings is 1. The third kappa shape index (κ3) is 7.15. The molecule has 0 amide bonds. The highest BCUT2D eigenvalue weighted by Gasteiger charge is 2.30. The summed E-state index contributed by atoms with van der Waals surface area (Å²) in [5.41, 5.74) is 2.36. The molecule has 1 heterocycles. The van der Waals surface area contributed by atoms with E-state index in [2.05, 4.69) is 4.90 Å². The van der Waals surface area contributed by atoms with Crippen molar-refractivity contribution in [1.29, 1.82) is 0 Å². The van der Waals surface area contributed by atoms with Crippen LogP contribution in [0.1, 0.15) is 27.6 Å². The van der Waals surface area contributed by atoms with Crippen LogP contribution in [0.2, 0.25) is 0 Å². The van der Waals surface area contributed by atoms with E-state index < -0.39 is 10.0 Å². The molecule has 1 fully saturated rings. The smallest absolute Gasteiger partial charge is 0.337 e. The molecule has 39 heavy (non-hydrogen) atoms. The van der Waals surface area contributed by atoms with Crippen molar-refractivity contribution in [1.82, 2.24) is 9.21 Å². The molecule has 3 aromatic carbocycles. The van der Waals surface area contributed by atoms with Gasteiger partial charge in [0.1, 0.15) is 11.5 Å². The summed E-state index contributed by atoms with van der Waals surface area (Å²) in [4.78, 5) is 14.2. The Morgan fingerprint density at radius 3 is 2.13 bits per heavy atom. The monoisotopic (exact) mass is 554 g/mol. The van der Waals surface area contributed by atoms with Crippen molar-refractivity contribution in [3.63, 3.8) is 0 Å². The molecule has 0 N–H and O–H groups in total. The predicted octanol–water partition coefficient (Wildman–Crippen LogP) is 3.75. The second kappa shape index (κ2) is 13.1. The summed E-state index contributed by atoms with van der Waals surface area (Å²) in [6.07, 6.45) is -0.276. The van der Waals surface area contributed by atoms with Crippen molar-refractivity contribution < 1.29 is 32.2 Å². The minimum atomic E-state index is -3.62. The molecule has 1 aliphatic heterocycles. The van der Waals surface area contributed by atoms with Crippen molar-refractivity contribution in [2.24, 2.45) is 0 Å². The molecule has 208 valence electrons. The second-order valence-corrected chi connectivity index (χ2v) is 11.1. The highest BCUT2D eigenvalue weighted by atomic mass is 32.2. The summed E-state index contributed by atoms with van der Waals surface area (Å²) in [5, 5.41) is 0. The van der Waals surface area contributed by atoms with Crippen LogP contribution in [0.25, 0.3) is 0 Å². The first-order valence-electron chi connectivity index (χ1n) is 12.6. The van der Waals surface area contributed by atoms with Crippen LogP contribution in [0.3, 0.4) is 0 Å². The summed E-state index contributed by atoms with van der Waals surface area (Å²) in [7, 11) is 0.875. The number of methoxy groups -OCH3 is 3. The lowest BCUT2D eigenvalue weighted by atomic mass is 10.1. The molecule has 1 aliphatic rings. The van der Waals surface area contributed by atoms with Gasteiger partial charge in [-0.1, -0.05) is 30.3 Å². The number of carbonyl (C=O) groups excluding carboxylic acids is 1. The van der Waals surface area contributed by atoms with E-state index in [0.29, 0.717) is 50.6 Å². The molecule has 9 nitrogen and oxygen atoms in total. The number of benzene rings is 3. The SMILES string of the molecule is COC(=O)c1ccc(COC(CN2CCN(S(=O)(=O)c3cccc(OC)c3)CC2)c2cccc(OC)c2)cc1. The Morgan fingerprint density at radius 1 is 0.846 bits per heavy atom. The standard InChI is InChI=1S/C29H34N2O7S/c1-35-25-7-4-6-24(18-25)28(38-21-22-10-12-23(13-11-22)29(32)37-3)20-30-14-16-31(17-15-30)39(33,34)27-9-5-8-26(19-27)36-2/h4-13,18-19,28H,14-17,20-21H2,1-3H3. The Kier molecular flexibility index (Phi) is 9.58. The van der Waals surface area contributed by atoms with Crippen molar-refractivity contribution >= 4 is 16.0 Å². The Bertz CT molecular complexity index is 1350. The maximum absolute atomic E-state index is 13.2. The van der Waals surface area contributed by atoms with Crippen molar-refractivity contribution in [3.8, 4) is 11.5 Å². The first-order chi connectivity index (χ1) is 18.8. The molecule has 4 rings (SSSR count). The number of rotatable bonds is 11. The molecule has 1 saturated heterocycles. The van der Waals surface area contributed by atoms with Gasteiger partial charge >= 0.3 is 5.97 Å². The van der Waals surface area contributed by atoms with Crippen LogP contribution in [0.4, 0.5) is 0 Å². The zero-order chi connectivity index (χ0) is 27.8. The molecule has 0 radical (unpaired) electrons. The lowest BCUT2D eigenvalue weighted by molar-refractivity contribution is 0.00761. The van der Waals surface area contributed by atoms with Gasteiger partial charge in [0, 0.05) is 38.8 Å². The maximum Gasteiger partial charge on any atom is 0.337 e. The first-order valence-corrected chi connectivity index (χ1v) is 14.1. The topological polar surface area (TPSA) is 94.6 Å². The molecule has 3 aromatic rings. The number of nitrogens with zero attached hydrogens (tertiary/aromatic N) is 2. The van der Waals surface area contributed by atoms with Gasteiger partial charge in [-0.3, -0.25) is 4.90 Å². The van der Waals surface area contributed by atoms with Crippen LogP contribution < -0.4 is 9.47 Å². The van der Waals surface area contributed by atoms with Gasteiger partial charge in [-0.25, -0.2) is 13.2 Å². The van der Waals surface area contributed by atoms with Gasteiger partial charge in [0.25, 0.3) is 0 Å². The lowest BCUT2D eigenvalue weighted by Crippen LogP contribution is -2.49. The van der Waals surface area contributed by atoms with Crippen LogP contribution in [-0.2, 0) is 26.1 Å². The Hall–Kier alpha value is -3.44. The van der Waals surface area contributed by atoms with Crippen LogP contribution >= 0.6 is 0 Å². The minimum Gasteiger partial charge on any atom is -0.497 e. The third-order valence-electron chi connectivity index (χ3n) is 6.73. The number of sulfonamides is 1. The Morgan fingerprint density at radius 2 is 1.49 bits per heavy atom. The average molecular weight is 555 g/mol. The van der Waals surface area contributed by atoms with Crippen LogP contribution in [-0.4, -0.2) is 77.6 Å². The molecule has 0 saturated carbocycles. The molecule has 0 aromatic heterocycles. The summed E-state index contributed by atoms with van der Waals surface area (Å²) in [6.45, 7) is 2.81. The van der Waals surface area contributed by atoms with E-state index in [1.807, 2.05) is 36.4 Å². The average Bonchev–Trinajstić information content (AvgIpc) is 2.99. The molecule has 0 aliphatic carbocycles. The van der Waals surface area contributed by atoms with E-state index in [1.54, 1.807) is 43.5 Å². The number of ether oxygens (including phenoxy) is 4. The zero-order valence-corrected chi connectivity index (χ0v) is 23.2. The second-order valence-electron chi connectivity index (χ2n) is 9.15. The van der Waals surface area contributed by atoms with Gasteiger partial charge < -0.3 is 18.9 Å². The fourth-order valence-electron chi connectivity index (χ4n) is 4.45. The molecule has 0 spiro atoms. The van der Waals surface area contributed by atoms with E-state index in [-0.39, 0.29) is 17.0 Å². The van der Waals surface area contributed by atoms with Gasteiger partial charge in [-0.05, 0) is 47.5 Å². The quantitative estimate of drug-likeness (QED) is 0.331. The van der Waals surface area contributed by atoms with Crippen LogP contribution in [0, 0.1) is 0 Å². The zero-order valence-electron chi connectivity index (χ0n) is 22.4. The van der Waals surface area contributed by atoms with Crippen molar-refractivity contribution in [2.45, 2.75) is 17.6 Å². The molecule has 0 bridgehead atoms. The van der Waals surface area contributed by atoms with Gasteiger partial charge in [0.2, 0.25) is 10.0 Å². The van der Waals surface area contributed by atoms with Gasteiger partial charge in [-0.2, -0.15) is 4.31 Å².